The number of nitrogens with zero attached hydrogens (tertiary/aromatic N) is 2. The van der Waals surface area contributed by atoms with Crippen molar-refractivity contribution in [1.82, 2.24) is 9.47 Å². The smallest absolute Gasteiger partial charge is 0.410 e. The number of pyridine rings is 1. The molecule has 1 atom stereocenters. The molecule has 0 aromatic carbocycles. The van der Waals surface area contributed by atoms with Crippen LogP contribution in [-0.2, 0) is 9.47 Å². The summed E-state index contributed by atoms with van der Waals surface area (Å²) in [6.45, 7) is 6.31. The standard InChI is InChI=1S/C16H22N2O5/c1-16(2,3)23-15(21)17-9-7-11(10-17)18-8-5-6-12(13(18)19)14(20)22-4/h5-6,8,11H,7,9-10H2,1-4H3. The molecule has 0 radical (unpaired) electrons. The molecule has 1 aliphatic rings. The molecule has 0 bridgehead atoms. The summed E-state index contributed by atoms with van der Waals surface area (Å²) in [6.07, 6.45) is 1.86. The number of likely N-dealkylation sites (tertiary alicyclic amines) is 1. The van der Waals surface area contributed by atoms with Crippen molar-refractivity contribution in [2.75, 3.05) is 20.2 Å². The van der Waals surface area contributed by atoms with E-state index in [2.05, 4.69) is 4.74 Å². The van der Waals surface area contributed by atoms with Crippen molar-refractivity contribution in [3.8, 4) is 0 Å². The zero-order chi connectivity index (χ0) is 17.2. The van der Waals surface area contributed by atoms with Crippen molar-refractivity contribution < 1.29 is 19.1 Å². The van der Waals surface area contributed by atoms with Crippen LogP contribution in [0.3, 0.4) is 0 Å². The third kappa shape index (κ3) is 3.91. The number of ether oxygens (including phenoxy) is 2. The molecule has 7 heteroatoms. The molecule has 1 fully saturated rings. The van der Waals surface area contributed by atoms with Crippen LogP contribution in [-0.4, -0.2) is 47.3 Å². The highest BCUT2D eigenvalue weighted by Crippen LogP contribution is 2.22. The third-order valence-corrected chi connectivity index (χ3v) is 3.59. The van der Waals surface area contributed by atoms with Crippen molar-refractivity contribution in [2.45, 2.75) is 38.8 Å². The molecular weight excluding hydrogens is 300 g/mol. The molecule has 1 amide bonds. The highest BCUT2D eigenvalue weighted by Gasteiger charge is 2.31. The molecule has 23 heavy (non-hydrogen) atoms. The van der Waals surface area contributed by atoms with Crippen LogP contribution in [0.4, 0.5) is 4.79 Å². The molecule has 2 heterocycles. The van der Waals surface area contributed by atoms with E-state index >= 15 is 0 Å². The fraction of sp³-hybridized carbons (Fsp3) is 0.562. The van der Waals surface area contributed by atoms with Gasteiger partial charge in [-0.25, -0.2) is 9.59 Å². The Kier molecular flexibility index (Phi) is 4.77. The van der Waals surface area contributed by atoms with Crippen LogP contribution in [0.25, 0.3) is 0 Å². The van der Waals surface area contributed by atoms with Crippen LogP contribution in [0, 0.1) is 0 Å². The van der Waals surface area contributed by atoms with Crippen LogP contribution < -0.4 is 5.56 Å². The highest BCUT2D eigenvalue weighted by molar-refractivity contribution is 5.88. The maximum atomic E-state index is 12.4. The Labute approximate surface area is 134 Å². The lowest BCUT2D eigenvalue weighted by Crippen LogP contribution is -2.36. The summed E-state index contributed by atoms with van der Waals surface area (Å²) in [5.74, 6) is -0.661. The Balaban J connectivity index is 2.15. The molecule has 0 aliphatic carbocycles. The van der Waals surface area contributed by atoms with E-state index in [1.54, 1.807) is 17.2 Å². The Morgan fingerprint density at radius 2 is 2.00 bits per heavy atom. The molecule has 1 aromatic rings. The van der Waals surface area contributed by atoms with E-state index < -0.39 is 23.2 Å². The topological polar surface area (TPSA) is 77.8 Å². The van der Waals surface area contributed by atoms with E-state index in [1.165, 1.54) is 17.7 Å². The third-order valence-electron chi connectivity index (χ3n) is 3.59. The van der Waals surface area contributed by atoms with E-state index in [-0.39, 0.29) is 11.6 Å². The second-order valence-corrected chi connectivity index (χ2v) is 6.49. The van der Waals surface area contributed by atoms with Gasteiger partial charge in [-0.1, -0.05) is 0 Å². The van der Waals surface area contributed by atoms with Gasteiger partial charge < -0.3 is 18.9 Å². The molecule has 126 valence electrons. The normalized spacial score (nSPS) is 17.9. The van der Waals surface area contributed by atoms with Crippen molar-refractivity contribution in [3.63, 3.8) is 0 Å². The summed E-state index contributed by atoms with van der Waals surface area (Å²) in [7, 11) is 1.24. The molecular formula is C16H22N2O5. The maximum absolute atomic E-state index is 12.4. The van der Waals surface area contributed by atoms with Crippen molar-refractivity contribution in [2.24, 2.45) is 0 Å². The van der Waals surface area contributed by atoms with Crippen molar-refractivity contribution in [1.29, 1.82) is 0 Å². The van der Waals surface area contributed by atoms with Gasteiger partial charge in [-0.15, -0.1) is 0 Å². The minimum absolute atomic E-state index is 0.00859. The summed E-state index contributed by atoms with van der Waals surface area (Å²) in [6, 6.07) is 2.88. The highest BCUT2D eigenvalue weighted by atomic mass is 16.6. The lowest BCUT2D eigenvalue weighted by Gasteiger charge is -2.24. The first-order valence-corrected chi connectivity index (χ1v) is 7.50. The molecule has 1 saturated heterocycles. The maximum Gasteiger partial charge on any atom is 0.410 e. The van der Waals surface area contributed by atoms with Gasteiger partial charge in [0.05, 0.1) is 13.2 Å². The molecule has 1 unspecified atom stereocenters. The Hall–Kier alpha value is -2.31. The van der Waals surface area contributed by atoms with Gasteiger partial charge in [-0.2, -0.15) is 0 Å². The number of carbonyl (C=O) groups is 2. The minimum Gasteiger partial charge on any atom is -0.465 e. The zero-order valence-electron chi connectivity index (χ0n) is 13.9. The van der Waals surface area contributed by atoms with E-state index in [4.69, 9.17) is 4.74 Å². The van der Waals surface area contributed by atoms with Gasteiger partial charge in [-0.05, 0) is 39.3 Å². The van der Waals surface area contributed by atoms with Gasteiger partial charge in [0.15, 0.2) is 0 Å². The van der Waals surface area contributed by atoms with Gasteiger partial charge >= 0.3 is 12.1 Å². The fourth-order valence-electron chi connectivity index (χ4n) is 2.52. The van der Waals surface area contributed by atoms with Crippen LogP contribution >= 0.6 is 0 Å². The summed E-state index contributed by atoms with van der Waals surface area (Å²) in [5, 5.41) is 0. The number of carbonyl (C=O) groups excluding carboxylic acids is 2. The SMILES string of the molecule is COC(=O)c1cccn(C2CCN(C(=O)OC(C)(C)C)C2)c1=O. The van der Waals surface area contributed by atoms with Crippen molar-refractivity contribution >= 4 is 12.1 Å². The minimum atomic E-state index is -0.661. The zero-order valence-corrected chi connectivity index (χ0v) is 13.9. The van der Waals surface area contributed by atoms with E-state index in [0.717, 1.165) is 0 Å². The van der Waals surface area contributed by atoms with E-state index in [1.807, 2.05) is 20.8 Å². The molecule has 2 rings (SSSR count). The predicted molar refractivity (Wildman–Crippen MR) is 83.5 cm³/mol. The lowest BCUT2D eigenvalue weighted by atomic mass is 10.2. The largest absolute Gasteiger partial charge is 0.465 e. The monoisotopic (exact) mass is 322 g/mol. The number of rotatable bonds is 2. The quantitative estimate of drug-likeness (QED) is 0.776. The van der Waals surface area contributed by atoms with Crippen LogP contribution in [0.15, 0.2) is 23.1 Å². The molecule has 0 N–H and O–H groups in total. The molecule has 7 nitrogen and oxygen atoms in total. The van der Waals surface area contributed by atoms with E-state index in [9.17, 15) is 14.4 Å². The summed E-state index contributed by atoms with van der Waals surface area (Å²) in [4.78, 5) is 37.7. The Morgan fingerprint density at radius 3 is 2.61 bits per heavy atom. The number of amides is 1. The van der Waals surface area contributed by atoms with Gasteiger partial charge in [0.1, 0.15) is 11.2 Å². The van der Waals surface area contributed by atoms with Crippen LogP contribution in [0.5, 0.6) is 0 Å². The first-order chi connectivity index (χ1) is 10.7. The van der Waals surface area contributed by atoms with Gasteiger partial charge in [-0.3, -0.25) is 4.79 Å². The number of methoxy groups -OCH3 is 1. The molecule has 0 spiro atoms. The first kappa shape index (κ1) is 17.1. The summed E-state index contributed by atoms with van der Waals surface area (Å²) >= 11 is 0. The van der Waals surface area contributed by atoms with Crippen molar-refractivity contribution in [3.05, 3.63) is 34.2 Å². The van der Waals surface area contributed by atoms with Crippen LogP contribution in [0.2, 0.25) is 0 Å². The first-order valence-electron chi connectivity index (χ1n) is 7.50. The second kappa shape index (κ2) is 6.44. The lowest BCUT2D eigenvalue weighted by molar-refractivity contribution is 0.0288. The molecule has 1 aliphatic heterocycles. The molecule has 1 aromatic heterocycles. The molecule has 0 saturated carbocycles. The Bertz CT molecular complexity index is 659. The second-order valence-electron chi connectivity index (χ2n) is 6.49. The average Bonchev–Trinajstić information content (AvgIpc) is 2.94. The van der Waals surface area contributed by atoms with Gasteiger partial charge in [0.25, 0.3) is 5.56 Å². The summed E-state index contributed by atoms with van der Waals surface area (Å²) in [5.41, 5.74) is -0.974. The number of aromatic nitrogens is 1. The van der Waals surface area contributed by atoms with Gasteiger partial charge in [0.2, 0.25) is 0 Å². The van der Waals surface area contributed by atoms with Crippen LogP contribution in [0.1, 0.15) is 43.6 Å². The summed E-state index contributed by atoms with van der Waals surface area (Å²) < 4.78 is 11.4. The fourth-order valence-corrected chi connectivity index (χ4v) is 2.52. The predicted octanol–water partition coefficient (Wildman–Crippen LogP) is 1.82. The number of hydrogen-bond donors (Lipinski definition) is 0. The number of hydrogen-bond acceptors (Lipinski definition) is 5. The average molecular weight is 322 g/mol. The van der Waals surface area contributed by atoms with E-state index in [0.29, 0.717) is 19.5 Å². The van der Waals surface area contributed by atoms with Gasteiger partial charge in [0, 0.05) is 19.3 Å². The Morgan fingerprint density at radius 1 is 1.30 bits per heavy atom. The number of esters is 1.